The van der Waals surface area contributed by atoms with Crippen LogP contribution in [0.25, 0.3) is 22.0 Å². The Morgan fingerprint density at radius 1 is 0.727 bits per heavy atom. The average Bonchev–Trinajstić information content (AvgIpc) is 2.86. The Morgan fingerprint density at radius 3 is 2.36 bits per heavy atom. The molecule has 4 aromatic carbocycles. The van der Waals surface area contributed by atoms with Crippen LogP contribution >= 0.6 is 0 Å². The maximum Gasteiger partial charge on any atom is 0.277 e. The van der Waals surface area contributed by atoms with Gasteiger partial charge in [-0.3, -0.25) is 15.0 Å². The number of fused-ring (bicyclic) bond motifs is 3. The van der Waals surface area contributed by atoms with Crippen LogP contribution in [-0.4, -0.2) is 9.91 Å². The van der Waals surface area contributed by atoms with E-state index < -0.39 is 0 Å². The number of benzene rings is 4. The summed E-state index contributed by atoms with van der Waals surface area (Å²) in [6.45, 7) is 0. The van der Waals surface area contributed by atoms with Crippen molar-refractivity contribution in [3.8, 4) is 11.1 Å². The van der Waals surface area contributed by atoms with Crippen LogP contribution in [-0.2, 0) is 6.42 Å². The summed E-state index contributed by atoms with van der Waals surface area (Å²) in [5.41, 5.74) is 6.71. The summed E-state index contributed by atoms with van der Waals surface area (Å²) in [5.74, 6) is 0.785. The number of aromatic nitrogens is 1. The second-order valence-corrected chi connectivity index (χ2v) is 8.09. The zero-order valence-electron chi connectivity index (χ0n) is 17.7. The molecule has 2 heterocycles. The fourth-order valence-electron chi connectivity index (χ4n) is 4.70. The molecule has 0 atom stereocenters. The fraction of sp³-hybridized carbons (Fsp3) is 0.0357. The first-order valence-electron chi connectivity index (χ1n) is 10.8. The Bertz CT molecular complexity index is 1540. The molecule has 0 radical (unpaired) electrons. The summed E-state index contributed by atoms with van der Waals surface area (Å²) in [5, 5.41) is 12.9. The van der Waals surface area contributed by atoms with Gasteiger partial charge in [-0.15, -0.1) is 0 Å². The van der Waals surface area contributed by atoms with Crippen molar-refractivity contribution < 1.29 is 4.92 Å². The van der Waals surface area contributed by atoms with E-state index in [1.165, 1.54) is 5.56 Å². The predicted octanol–water partition coefficient (Wildman–Crippen LogP) is 7.18. The van der Waals surface area contributed by atoms with Crippen molar-refractivity contribution in [2.45, 2.75) is 6.42 Å². The number of rotatable bonds is 3. The summed E-state index contributed by atoms with van der Waals surface area (Å²) < 4.78 is 0. The highest BCUT2D eigenvalue weighted by Crippen LogP contribution is 2.49. The van der Waals surface area contributed by atoms with E-state index in [4.69, 9.17) is 4.98 Å². The zero-order valence-corrected chi connectivity index (χ0v) is 17.7. The van der Waals surface area contributed by atoms with Crippen molar-refractivity contribution in [1.82, 2.24) is 4.98 Å². The molecule has 5 aromatic rings. The quantitative estimate of drug-likeness (QED) is 0.221. The summed E-state index contributed by atoms with van der Waals surface area (Å²) in [4.78, 5) is 18.7. The van der Waals surface area contributed by atoms with Crippen molar-refractivity contribution in [2.24, 2.45) is 0 Å². The minimum atomic E-state index is -0.315. The van der Waals surface area contributed by atoms with Crippen LogP contribution < -0.4 is 4.90 Å². The molecule has 33 heavy (non-hydrogen) atoms. The van der Waals surface area contributed by atoms with Crippen LogP contribution in [0.4, 0.5) is 22.9 Å². The lowest BCUT2D eigenvalue weighted by molar-refractivity contribution is -0.384. The summed E-state index contributed by atoms with van der Waals surface area (Å²) in [7, 11) is 0. The lowest BCUT2D eigenvalue weighted by Crippen LogP contribution is -2.20. The van der Waals surface area contributed by atoms with Gasteiger partial charge in [-0.25, -0.2) is 4.98 Å². The fourth-order valence-corrected chi connectivity index (χ4v) is 4.70. The molecule has 0 fully saturated rings. The zero-order chi connectivity index (χ0) is 22.4. The molecule has 0 amide bonds. The molecule has 0 unspecified atom stereocenters. The Morgan fingerprint density at radius 2 is 1.45 bits per heavy atom. The highest BCUT2D eigenvalue weighted by Gasteiger charge is 2.29. The molecule has 0 saturated heterocycles. The van der Waals surface area contributed by atoms with Crippen LogP contribution in [0.2, 0.25) is 0 Å². The highest BCUT2D eigenvalue weighted by molar-refractivity contribution is 5.95. The van der Waals surface area contributed by atoms with Crippen LogP contribution in [0, 0.1) is 10.1 Å². The summed E-state index contributed by atoms with van der Waals surface area (Å²) >= 11 is 0. The maximum atomic E-state index is 11.8. The van der Waals surface area contributed by atoms with E-state index >= 15 is 0 Å². The van der Waals surface area contributed by atoms with E-state index in [0.717, 1.165) is 45.6 Å². The Labute approximate surface area is 190 Å². The number of pyridine rings is 1. The largest absolute Gasteiger partial charge is 0.294 e. The van der Waals surface area contributed by atoms with Gasteiger partial charge in [0.25, 0.3) is 5.69 Å². The molecular formula is C28H19N3O2. The topological polar surface area (TPSA) is 59.3 Å². The lowest BCUT2D eigenvalue weighted by atomic mass is 9.90. The molecule has 1 aromatic heterocycles. The molecule has 0 bridgehead atoms. The van der Waals surface area contributed by atoms with E-state index in [-0.39, 0.29) is 10.6 Å². The molecule has 1 aliphatic heterocycles. The van der Waals surface area contributed by atoms with Crippen LogP contribution in [0.3, 0.4) is 0 Å². The lowest BCUT2D eigenvalue weighted by Gasteiger charge is -2.34. The average molecular weight is 429 g/mol. The molecule has 0 saturated carbocycles. The van der Waals surface area contributed by atoms with Gasteiger partial charge >= 0.3 is 0 Å². The first kappa shape index (κ1) is 19.2. The number of hydrogen-bond donors (Lipinski definition) is 0. The number of nitrogens with zero attached hydrogens (tertiary/aromatic N) is 3. The van der Waals surface area contributed by atoms with Crippen LogP contribution in [0.15, 0.2) is 103 Å². The van der Waals surface area contributed by atoms with Crippen molar-refractivity contribution in [1.29, 1.82) is 0 Å². The molecule has 6 rings (SSSR count). The Balaban J connectivity index is 1.65. The number of nitro groups is 1. The maximum absolute atomic E-state index is 11.8. The molecule has 0 spiro atoms. The first-order chi connectivity index (χ1) is 16.2. The molecule has 0 aliphatic carbocycles. The van der Waals surface area contributed by atoms with Crippen LogP contribution in [0.5, 0.6) is 0 Å². The van der Waals surface area contributed by atoms with Gasteiger partial charge in [0.1, 0.15) is 5.82 Å². The second-order valence-electron chi connectivity index (χ2n) is 8.09. The van der Waals surface area contributed by atoms with E-state index in [2.05, 4.69) is 29.2 Å². The van der Waals surface area contributed by atoms with Gasteiger partial charge < -0.3 is 0 Å². The second kappa shape index (κ2) is 7.57. The van der Waals surface area contributed by atoms with Gasteiger partial charge in [0.05, 0.1) is 27.4 Å². The van der Waals surface area contributed by atoms with Crippen molar-refractivity contribution >= 4 is 33.8 Å². The molecule has 5 heteroatoms. The van der Waals surface area contributed by atoms with Gasteiger partial charge in [-0.2, -0.15) is 0 Å². The van der Waals surface area contributed by atoms with Crippen molar-refractivity contribution in [2.75, 3.05) is 4.90 Å². The third kappa shape index (κ3) is 3.13. The van der Waals surface area contributed by atoms with E-state index in [9.17, 15) is 10.1 Å². The highest BCUT2D eigenvalue weighted by atomic mass is 16.6. The third-order valence-corrected chi connectivity index (χ3v) is 6.16. The first-order valence-corrected chi connectivity index (χ1v) is 10.8. The Hall–Kier alpha value is -4.51. The molecule has 0 N–H and O–H groups in total. The monoisotopic (exact) mass is 429 g/mol. The van der Waals surface area contributed by atoms with Gasteiger partial charge in [0, 0.05) is 23.4 Å². The SMILES string of the molecule is O=[N+]([O-])c1ccccc1-c1cccc2c1N(c1ccc3ccccc3n1)c1ccccc1C2. The number of hydrogen-bond acceptors (Lipinski definition) is 4. The van der Waals surface area contributed by atoms with E-state index in [1.807, 2.05) is 66.7 Å². The molecule has 1 aliphatic rings. The number of nitro benzene ring substituents is 1. The summed E-state index contributed by atoms with van der Waals surface area (Å²) in [6, 6.07) is 33.4. The van der Waals surface area contributed by atoms with E-state index in [1.54, 1.807) is 12.1 Å². The predicted molar refractivity (Wildman–Crippen MR) is 131 cm³/mol. The van der Waals surface area contributed by atoms with Crippen LogP contribution in [0.1, 0.15) is 11.1 Å². The number of anilines is 3. The van der Waals surface area contributed by atoms with Gasteiger partial charge in [0.15, 0.2) is 0 Å². The van der Waals surface area contributed by atoms with Gasteiger partial charge in [-0.05, 0) is 41.5 Å². The summed E-state index contributed by atoms with van der Waals surface area (Å²) in [6.07, 6.45) is 0.754. The van der Waals surface area contributed by atoms with Crippen molar-refractivity contribution in [3.63, 3.8) is 0 Å². The van der Waals surface area contributed by atoms with Crippen molar-refractivity contribution in [3.05, 3.63) is 124 Å². The molecule has 158 valence electrons. The van der Waals surface area contributed by atoms with E-state index in [0.29, 0.717) is 5.56 Å². The molecule has 5 nitrogen and oxygen atoms in total. The minimum Gasteiger partial charge on any atom is -0.294 e. The number of para-hydroxylation sites is 4. The normalized spacial score (nSPS) is 12.3. The molecular weight excluding hydrogens is 410 g/mol. The van der Waals surface area contributed by atoms with Gasteiger partial charge in [-0.1, -0.05) is 66.7 Å². The Kier molecular flexibility index (Phi) is 4.40. The smallest absolute Gasteiger partial charge is 0.277 e. The van der Waals surface area contributed by atoms with Gasteiger partial charge in [0.2, 0.25) is 0 Å². The standard InChI is InChI=1S/C28H19N3O2/c32-31(33)26-15-6-3-11-22(26)23-12-7-10-21-18-20-9-2-5-14-25(20)30(28(21)23)27-17-16-19-8-1-4-13-24(19)29-27/h1-17H,18H2. The minimum absolute atomic E-state index is 0.0937. The third-order valence-electron chi connectivity index (χ3n) is 6.16.